The maximum Gasteiger partial charge on any atom is 0.411 e. The number of ether oxygens (including phenoxy) is 4. The van der Waals surface area contributed by atoms with Gasteiger partial charge in [-0.25, -0.2) is 19.2 Å². The first kappa shape index (κ1) is 35.2. The van der Waals surface area contributed by atoms with Gasteiger partial charge in [0.15, 0.2) is 5.54 Å². The van der Waals surface area contributed by atoms with Crippen molar-refractivity contribution < 1.29 is 38.1 Å². The number of nitrogens with zero attached hydrogens (tertiary/aromatic N) is 2. The quantitative estimate of drug-likeness (QED) is 0.280. The molecule has 0 spiro atoms. The molecule has 2 fully saturated rings. The summed E-state index contributed by atoms with van der Waals surface area (Å²) in [6.07, 6.45) is -0.863. The molecule has 2 heterocycles. The fourth-order valence-electron chi connectivity index (χ4n) is 6.07. The molecule has 0 radical (unpaired) electrons. The number of hydrogen-bond donors (Lipinski definition) is 0. The minimum absolute atomic E-state index is 0.0410. The Morgan fingerprint density at radius 2 is 1.20 bits per heavy atom. The zero-order valence-corrected chi connectivity index (χ0v) is 28.6. The molecule has 0 bridgehead atoms. The molecule has 246 valence electrons. The van der Waals surface area contributed by atoms with Crippen LogP contribution in [-0.2, 0) is 28.5 Å². The first-order valence-electron chi connectivity index (χ1n) is 15.5. The molecule has 0 aliphatic carbocycles. The van der Waals surface area contributed by atoms with E-state index in [-0.39, 0.29) is 19.5 Å². The van der Waals surface area contributed by atoms with E-state index in [2.05, 4.69) is 0 Å². The SMILES string of the molecule is CC(C)(C)OC(=O)C1CC(C2(C(=O)OC(C)(C)C)C(c3ccccc3)CCN2C(=O)OC(C)(C)C)CN1C(=O)OC(C)(C)C. The number of benzene rings is 1. The van der Waals surface area contributed by atoms with E-state index in [1.165, 1.54) is 9.80 Å². The number of carbonyl (C=O) groups excluding carboxylic acids is 4. The number of esters is 2. The average Bonchev–Trinajstić information content (AvgIpc) is 3.44. The smallest absolute Gasteiger partial charge is 0.411 e. The van der Waals surface area contributed by atoms with Gasteiger partial charge in [0.2, 0.25) is 0 Å². The Labute approximate surface area is 262 Å². The van der Waals surface area contributed by atoms with Gasteiger partial charge in [-0.3, -0.25) is 9.80 Å². The Balaban J connectivity index is 2.26. The van der Waals surface area contributed by atoms with Crippen molar-refractivity contribution in [3.63, 3.8) is 0 Å². The summed E-state index contributed by atoms with van der Waals surface area (Å²) in [6.45, 7) is 21.3. The van der Waals surface area contributed by atoms with Gasteiger partial charge in [0.1, 0.15) is 28.4 Å². The summed E-state index contributed by atoms with van der Waals surface area (Å²) in [4.78, 5) is 58.8. The van der Waals surface area contributed by atoms with Crippen LogP contribution in [0, 0.1) is 5.92 Å². The Hall–Kier alpha value is -3.30. The highest BCUT2D eigenvalue weighted by Gasteiger charge is 2.66. The lowest BCUT2D eigenvalue weighted by Gasteiger charge is -2.45. The van der Waals surface area contributed by atoms with Crippen molar-refractivity contribution in [2.24, 2.45) is 5.92 Å². The van der Waals surface area contributed by atoms with Gasteiger partial charge in [-0.2, -0.15) is 0 Å². The van der Waals surface area contributed by atoms with Crippen molar-refractivity contribution in [2.75, 3.05) is 13.1 Å². The third-order valence-corrected chi connectivity index (χ3v) is 7.39. The molecule has 1 aromatic carbocycles. The Bertz CT molecular complexity index is 1180. The monoisotopic (exact) mass is 616 g/mol. The summed E-state index contributed by atoms with van der Waals surface area (Å²) in [7, 11) is 0. The van der Waals surface area contributed by atoms with E-state index < -0.39 is 69.9 Å². The summed E-state index contributed by atoms with van der Waals surface area (Å²) in [5, 5.41) is 0. The van der Waals surface area contributed by atoms with Gasteiger partial charge >= 0.3 is 24.1 Å². The summed E-state index contributed by atoms with van der Waals surface area (Å²) in [5.74, 6) is -2.44. The predicted molar refractivity (Wildman–Crippen MR) is 166 cm³/mol. The molecule has 3 rings (SSSR count). The van der Waals surface area contributed by atoms with Crippen molar-refractivity contribution in [3.05, 3.63) is 35.9 Å². The zero-order chi connectivity index (χ0) is 33.5. The van der Waals surface area contributed by atoms with Crippen molar-refractivity contribution in [2.45, 2.75) is 136 Å². The van der Waals surface area contributed by atoms with Crippen molar-refractivity contribution in [1.29, 1.82) is 0 Å². The van der Waals surface area contributed by atoms with E-state index in [0.717, 1.165) is 5.56 Å². The van der Waals surface area contributed by atoms with Gasteiger partial charge in [-0.15, -0.1) is 0 Å². The lowest BCUT2D eigenvalue weighted by atomic mass is 9.70. The molecule has 2 amide bonds. The standard InChI is InChI=1S/C34H52N2O8/c1-30(2,3)41-26(37)25-20-23(21-35(25)28(39)43-32(7,8)9)34(27(38)42-31(4,5)6)24(22-16-14-13-15-17-22)18-19-36(34)29(40)44-33(10,11)12/h13-17,23-25H,18-21H2,1-12H3. The van der Waals surface area contributed by atoms with E-state index in [1.54, 1.807) is 83.1 Å². The van der Waals surface area contributed by atoms with Crippen LogP contribution in [0.5, 0.6) is 0 Å². The first-order chi connectivity index (χ1) is 19.9. The second-order valence-electron chi connectivity index (χ2n) is 15.8. The Morgan fingerprint density at radius 1 is 0.705 bits per heavy atom. The second-order valence-corrected chi connectivity index (χ2v) is 15.8. The highest BCUT2D eigenvalue weighted by atomic mass is 16.6. The lowest BCUT2D eigenvalue weighted by Crippen LogP contribution is -2.63. The molecule has 2 aliphatic rings. The minimum atomic E-state index is -1.60. The van der Waals surface area contributed by atoms with Crippen LogP contribution >= 0.6 is 0 Å². The fourth-order valence-corrected chi connectivity index (χ4v) is 6.07. The highest BCUT2D eigenvalue weighted by Crippen LogP contribution is 2.52. The van der Waals surface area contributed by atoms with Crippen LogP contribution in [-0.4, -0.2) is 81.0 Å². The van der Waals surface area contributed by atoms with Gasteiger partial charge in [0, 0.05) is 24.9 Å². The minimum Gasteiger partial charge on any atom is -0.458 e. The summed E-state index contributed by atoms with van der Waals surface area (Å²) < 4.78 is 23.5. The molecular weight excluding hydrogens is 564 g/mol. The van der Waals surface area contributed by atoms with Gasteiger partial charge in [-0.1, -0.05) is 30.3 Å². The van der Waals surface area contributed by atoms with Gasteiger partial charge in [0.05, 0.1) is 0 Å². The highest BCUT2D eigenvalue weighted by molar-refractivity contribution is 5.90. The van der Waals surface area contributed by atoms with Gasteiger partial charge < -0.3 is 18.9 Å². The molecule has 4 unspecified atom stereocenters. The predicted octanol–water partition coefficient (Wildman–Crippen LogP) is 6.46. The molecule has 0 saturated carbocycles. The van der Waals surface area contributed by atoms with Crippen molar-refractivity contribution in [1.82, 2.24) is 9.80 Å². The van der Waals surface area contributed by atoms with E-state index in [0.29, 0.717) is 6.42 Å². The lowest BCUT2D eigenvalue weighted by molar-refractivity contribution is -0.173. The van der Waals surface area contributed by atoms with Crippen LogP contribution in [0.4, 0.5) is 9.59 Å². The summed E-state index contributed by atoms with van der Waals surface area (Å²) in [5.41, 5.74) is -4.14. The van der Waals surface area contributed by atoms with Crippen LogP contribution in [0.2, 0.25) is 0 Å². The number of likely N-dealkylation sites (tertiary alicyclic amines) is 2. The Morgan fingerprint density at radius 3 is 1.70 bits per heavy atom. The van der Waals surface area contributed by atoms with Gasteiger partial charge in [-0.05, 0) is 101 Å². The van der Waals surface area contributed by atoms with Crippen molar-refractivity contribution in [3.8, 4) is 0 Å². The molecule has 10 nitrogen and oxygen atoms in total. The zero-order valence-electron chi connectivity index (χ0n) is 28.6. The molecule has 0 aromatic heterocycles. The first-order valence-corrected chi connectivity index (χ1v) is 15.5. The maximum atomic E-state index is 14.7. The van der Waals surface area contributed by atoms with Crippen LogP contribution < -0.4 is 0 Å². The Kier molecular flexibility index (Phi) is 9.79. The topological polar surface area (TPSA) is 112 Å². The summed E-state index contributed by atoms with van der Waals surface area (Å²) in [6, 6.07) is 8.46. The van der Waals surface area contributed by atoms with E-state index in [1.807, 2.05) is 30.3 Å². The van der Waals surface area contributed by atoms with E-state index >= 15 is 0 Å². The van der Waals surface area contributed by atoms with E-state index in [4.69, 9.17) is 18.9 Å². The molecule has 2 saturated heterocycles. The number of carbonyl (C=O) groups is 4. The van der Waals surface area contributed by atoms with Crippen LogP contribution in [0.3, 0.4) is 0 Å². The van der Waals surface area contributed by atoms with Crippen LogP contribution in [0.15, 0.2) is 30.3 Å². The molecule has 2 aliphatic heterocycles. The third-order valence-electron chi connectivity index (χ3n) is 7.39. The van der Waals surface area contributed by atoms with Crippen LogP contribution in [0.1, 0.15) is 107 Å². The summed E-state index contributed by atoms with van der Waals surface area (Å²) >= 11 is 0. The third kappa shape index (κ3) is 8.24. The molecule has 10 heteroatoms. The molecular formula is C34H52N2O8. The second kappa shape index (κ2) is 12.2. The average molecular weight is 617 g/mol. The van der Waals surface area contributed by atoms with Crippen molar-refractivity contribution >= 4 is 24.1 Å². The van der Waals surface area contributed by atoms with Crippen LogP contribution in [0.25, 0.3) is 0 Å². The van der Waals surface area contributed by atoms with E-state index in [9.17, 15) is 19.2 Å². The van der Waals surface area contributed by atoms with Gasteiger partial charge in [0.25, 0.3) is 0 Å². The largest absolute Gasteiger partial charge is 0.458 e. The number of amides is 2. The number of hydrogen-bond acceptors (Lipinski definition) is 8. The fraction of sp³-hybridized carbons (Fsp3) is 0.706. The molecule has 44 heavy (non-hydrogen) atoms. The molecule has 4 atom stereocenters. The molecule has 0 N–H and O–H groups in total. The maximum absolute atomic E-state index is 14.7. The number of rotatable bonds is 4. The normalized spacial score (nSPS) is 24.6. The molecule has 1 aromatic rings.